The zero-order valence-electron chi connectivity index (χ0n) is 7.95. The number of hydrogen-bond donors (Lipinski definition) is 2. The van der Waals surface area contributed by atoms with Crippen molar-refractivity contribution in [2.24, 2.45) is 0 Å². The highest BCUT2D eigenvalue weighted by Gasteiger charge is 2.20. The summed E-state index contributed by atoms with van der Waals surface area (Å²) in [6.07, 6.45) is 3.29. The molecule has 0 aromatic carbocycles. The number of carbonyl (C=O) groups is 1. The van der Waals surface area contributed by atoms with E-state index < -0.39 is 0 Å². The average molecular weight is 187 g/mol. The number of rotatable bonds is 3. The summed E-state index contributed by atoms with van der Waals surface area (Å²) in [4.78, 5) is 10.8. The van der Waals surface area contributed by atoms with Crippen molar-refractivity contribution in [2.75, 3.05) is 13.7 Å². The van der Waals surface area contributed by atoms with Crippen LogP contribution in [0.1, 0.15) is 25.7 Å². The minimum Gasteiger partial charge on any atom is -0.393 e. The molecule has 0 aliphatic heterocycles. The lowest BCUT2D eigenvalue weighted by molar-refractivity contribution is -0.128. The molecule has 0 radical (unpaired) electrons. The zero-order chi connectivity index (χ0) is 9.68. The van der Waals surface area contributed by atoms with E-state index in [1.165, 1.54) is 0 Å². The Bertz CT molecular complexity index is 164. The van der Waals surface area contributed by atoms with E-state index in [0.717, 1.165) is 25.7 Å². The second-order valence-corrected chi connectivity index (χ2v) is 3.41. The van der Waals surface area contributed by atoms with Crippen LogP contribution in [0, 0.1) is 0 Å². The van der Waals surface area contributed by atoms with Crippen LogP contribution < -0.4 is 5.32 Å². The molecule has 1 aliphatic carbocycles. The third kappa shape index (κ3) is 3.74. The summed E-state index contributed by atoms with van der Waals surface area (Å²) < 4.78 is 5.36. The molecule has 4 heteroatoms. The Morgan fingerprint density at radius 3 is 2.62 bits per heavy atom. The molecule has 0 aromatic heterocycles. The number of amides is 1. The van der Waals surface area contributed by atoms with Crippen molar-refractivity contribution < 1.29 is 14.6 Å². The third-order valence-electron chi connectivity index (χ3n) is 2.37. The molecule has 1 fully saturated rings. The Morgan fingerprint density at radius 2 is 2.08 bits per heavy atom. The molecule has 0 bridgehead atoms. The molecule has 76 valence electrons. The summed E-state index contributed by atoms with van der Waals surface area (Å²) in [7, 11) is 1.59. The first-order chi connectivity index (χ1) is 6.22. The fourth-order valence-corrected chi connectivity index (χ4v) is 1.48. The van der Waals surface area contributed by atoms with Crippen molar-refractivity contribution in [1.29, 1.82) is 0 Å². The van der Waals surface area contributed by atoms with Gasteiger partial charge in [0.25, 0.3) is 0 Å². The van der Waals surface area contributed by atoms with Crippen molar-refractivity contribution in [3.8, 4) is 0 Å². The third-order valence-corrected chi connectivity index (χ3v) is 2.37. The van der Waals surface area contributed by atoms with Crippen LogP contribution >= 0.6 is 0 Å². The van der Waals surface area contributed by atoms with Gasteiger partial charge in [-0.2, -0.15) is 0 Å². The summed E-state index contributed by atoms with van der Waals surface area (Å²) in [6, 6.07) is 0. The van der Waals surface area contributed by atoms with E-state index in [-0.39, 0.29) is 24.7 Å². The predicted molar refractivity (Wildman–Crippen MR) is 48.3 cm³/mol. The summed E-state index contributed by atoms with van der Waals surface area (Å²) in [5, 5.41) is 11.7. The van der Waals surface area contributed by atoms with Crippen LogP contribution in [-0.4, -0.2) is 36.9 Å². The first kappa shape index (κ1) is 10.5. The Labute approximate surface area is 78.3 Å². The normalized spacial score (nSPS) is 28.5. The number of carbonyl (C=O) groups excluding carboxylic acids is 1. The van der Waals surface area contributed by atoms with Gasteiger partial charge in [-0.1, -0.05) is 0 Å². The van der Waals surface area contributed by atoms with Gasteiger partial charge >= 0.3 is 0 Å². The van der Waals surface area contributed by atoms with Gasteiger partial charge < -0.3 is 15.2 Å². The molecule has 0 saturated heterocycles. The molecule has 0 heterocycles. The summed E-state index contributed by atoms with van der Waals surface area (Å²) in [5.41, 5.74) is 0. The van der Waals surface area contributed by atoms with Crippen molar-refractivity contribution in [3.05, 3.63) is 0 Å². The van der Waals surface area contributed by atoms with Gasteiger partial charge in [-0.3, -0.25) is 4.79 Å². The molecule has 0 aromatic rings. The Balaban J connectivity index is 2.12. The summed E-state index contributed by atoms with van der Waals surface area (Å²) in [6.45, 7) is 0.136. The average Bonchev–Trinajstić information content (AvgIpc) is 2.16. The largest absolute Gasteiger partial charge is 0.393 e. The maximum Gasteiger partial charge on any atom is 0.245 e. The van der Waals surface area contributed by atoms with Gasteiger partial charge in [0, 0.05) is 7.05 Å². The smallest absolute Gasteiger partial charge is 0.245 e. The van der Waals surface area contributed by atoms with Crippen LogP contribution in [0.4, 0.5) is 0 Å². The lowest BCUT2D eigenvalue weighted by Gasteiger charge is -2.25. The topological polar surface area (TPSA) is 58.6 Å². The Hall–Kier alpha value is -0.610. The second-order valence-electron chi connectivity index (χ2n) is 3.41. The minimum atomic E-state index is -0.167. The van der Waals surface area contributed by atoms with Gasteiger partial charge in [0.05, 0.1) is 12.2 Å². The maximum atomic E-state index is 10.8. The lowest BCUT2D eigenvalue weighted by Crippen LogP contribution is -2.30. The second kappa shape index (κ2) is 5.19. The SMILES string of the molecule is CNC(=O)COC1CCC(O)CC1. The Kier molecular flexibility index (Phi) is 4.18. The number of aliphatic hydroxyl groups excluding tert-OH is 1. The number of hydrogen-bond acceptors (Lipinski definition) is 3. The first-order valence-electron chi connectivity index (χ1n) is 4.72. The molecule has 4 nitrogen and oxygen atoms in total. The maximum absolute atomic E-state index is 10.8. The molecule has 1 aliphatic rings. The molecular weight excluding hydrogens is 170 g/mol. The van der Waals surface area contributed by atoms with E-state index in [0.29, 0.717) is 0 Å². The van der Waals surface area contributed by atoms with Gasteiger partial charge in [-0.15, -0.1) is 0 Å². The summed E-state index contributed by atoms with van der Waals surface area (Å²) in [5.74, 6) is -0.0916. The van der Waals surface area contributed by atoms with Crippen LogP contribution in [0.5, 0.6) is 0 Å². The number of aliphatic hydroxyl groups is 1. The molecule has 1 saturated carbocycles. The highest BCUT2D eigenvalue weighted by molar-refractivity contribution is 5.76. The van der Waals surface area contributed by atoms with E-state index in [4.69, 9.17) is 4.74 Å². The van der Waals surface area contributed by atoms with E-state index in [9.17, 15) is 9.90 Å². The fourth-order valence-electron chi connectivity index (χ4n) is 1.48. The minimum absolute atomic E-state index is 0.0916. The lowest BCUT2D eigenvalue weighted by atomic mass is 9.95. The molecule has 0 atom stereocenters. The van der Waals surface area contributed by atoms with Gasteiger partial charge in [-0.25, -0.2) is 0 Å². The number of likely N-dealkylation sites (N-methyl/N-ethyl adjacent to an activating group) is 1. The van der Waals surface area contributed by atoms with Crippen LogP contribution in [0.3, 0.4) is 0 Å². The zero-order valence-corrected chi connectivity index (χ0v) is 7.95. The molecule has 1 amide bonds. The van der Waals surface area contributed by atoms with Crippen molar-refractivity contribution in [1.82, 2.24) is 5.32 Å². The number of ether oxygens (including phenoxy) is 1. The van der Waals surface area contributed by atoms with Crippen LogP contribution in [0.2, 0.25) is 0 Å². The number of nitrogens with one attached hydrogen (secondary N) is 1. The van der Waals surface area contributed by atoms with Crippen LogP contribution in [0.15, 0.2) is 0 Å². The van der Waals surface area contributed by atoms with Crippen LogP contribution in [-0.2, 0) is 9.53 Å². The highest BCUT2D eigenvalue weighted by Crippen LogP contribution is 2.20. The monoisotopic (exact) mass is 187 g/mol. The molecule has 0 spiro atoms. The van der Waals surface area contributed by atoms with Crippen molar-refractivity contribution >= 4 is 5.91 Å². The van der Waals surface area contributed by atoms with Crippen LogP contribution in [0.25, 0.3) is 0 Å². The fraction of sp³-hybridized carbons (Fsp3) is 0.889. The van der Waals surface area contributed by atoms with Crippen molar-refractivity contribution in [2.45, 2.75) is 37.9 Å². The van der Waals surface area contributed by atoms with E-state index >= 15 is 0 Å². The molecule has 1 rings (SSSR count). The van der Waals surface area contributed by atoms with E-state index in [1.54, 1.807) is 7.05 Å². The van der Waals surface area contributed by atoms with Gasteiger partial charge in [0.1, 0.15) is 6.61 Å². The first-order valence-corrected chi connectivity index (χ1v) is 4.72. The molecular formula is C9H17NO3. The quantitative estimate of drug-likeness (QED) is 0.656. The van der Waals surface area contributed by atoms with Gasteiger partial charge in [0.15, 0.2) is 0 Å². The highest BCUT2D eigenvalue weighted by atomic mass is 16.5. The Morgan fingerprint density at radius 1 is 1.46 bits per heavy atom. The van der Waals surface area contributed by atoms with Crippen molar-refractivity contribution in [3.63, 3.8) is 0 Å². The predicted octanol–water partition coefficient (Wildman–Crippen LogP) is 0.0525. The van der Waals surface area contributed by atoms with Gasteiger partial charge in [-0.05, 0) is 25.7 Å². The van der Waals surface area contributed by atoms with E-state index in [1.807, 2.05) is 0 Å². The molecule has 0 unspecified atom stereocenters. The molecule has 13 heavy (non-hydrogen) atoms. The standard InChI is InChI=1S/C9H17NO3/c1-10-9(12)6-13-8-4-2-7(11)3-5-8/h7-8,11H,2-6H2,1H3,(H,10,12). The summed E-state index contributed by atoms with van der Waals surface area (Å²) >= 11 is 0. The van der Waals surface area contributed by atoms with Gasteiger partial charge in [0.2, 0.25) is 5.91 Å². The molecule has 2 N–H and O–H groups in total. The van der Waals surface area contributed by atoms with E-state index in [2.05, 4.69) is 5.32 Å².